The molecule has 6 nitrogen and oxygen atoms in total. The Labute approximate surface area is 175 Å². The number of amides is 1. The molecule has 0 aliphatic carbocycles. The molecule has 1 aliphatic heterocycles. The molecule has 1 saturated heterocycles. The summed E-state index contributed by atoms with van der Waals surface area (Å²) in [6, 6.07) is 3.29. The van der Waals surface area contributed by atoms with Crippen molar-refractivity contribution >= 4 is 40.9 Å². The number of ether oxygens (including phenoxy) is 1. The van der Waals surface area contributed by atoms with E-state index in [1.165, 1.54) is 0 Å². The minimum Gasteiger partial charge on any atom is -0.479 e. The lowest BCUT2D eigenvalue weighted by atomic mass is 9.97. The summed E-state index contributed by atoms with van der Waals surface area (Å²) in [4.78, 5) is 26.4. The molecule has 3 rings (SSSR count). The molecule has 1 aromatic heterocycles. The number of nitrogens with zero attached hydrogens (tertiary/aromatic N) is 1. The second-order valence-corrected chi connectivity index (χ2v) is 7.59. The fourth-order valence-electron chi connectivity index (χ4n) is 3.42. The van der Waals surface area contributed by atoms with E-state index in [2.05, 4.69) is 0 Å². The van der Waals surface area contributed by atoms with E-state index in [-0.39, 0.29) is 23.9 Å². The van der Waals surface area contributed by atoms with Gasteiger partial charge < -0.3 is 19.8 Å². The maximum Gasteiger partial charge on any atom is 0.339 e. The van der Waals surface area contributed by atoms with E-state index >= 15 is 0 Å². The van der Waals surface area contributed by atoms with Crippen molar-refractivity contribution in [1.29, 1.82) is 0 Å². The number of likely N-dealkylation sites (tertiary alicyclic amines) is 1. The van der Waals surface area contributed by atoms with E-state index in [1.807, 2.05) is 6.92 Å². The van der Waals surface area contributed by atoms with Gasteiger partial charge in [0.1, 0.15) is 11.3 Å². The van der Waals surface area contributed by atoms with Gasteiger partial charge in [-0.1, -0.05) is 11.6 Å². The molecular weight excluding hydrogens is 403 g/mol. The normalized spacial score (nSPS) is 16.0. The summed E-state index contributed by atoms with van der Waals surface area (Å²) in [6.07, 6.45) is 1.14. The monoisotopic (exact) mass is 428 g/mol. The predicted molar refractivity (Wildman–Crippen MR) is 113 cm³/mol. The fraction of sp³-hybridized carbons (Fsp3) is 0.500. The van der Waals surface area contributed by atoms with E-state index in [9.17, 15) is 9.59 Å². The van der Waals surface area contributed by atoms with E-state index in [1.54, 1.807) is 30.9 Å². The highest BCUT2D eigenvalue weighted by atomic mass is 35.5. The van der Waals surface area contributed by atoms with Crippen LogP contribution in [-0.4, -0.2) is 36.5 Å². The molecule has 0 radical (unpaired) electrons. The molecular formula is C20H26Cl2N2O4. The Hall–Kier alpha value is -1.76. The van der Waals surface area contributed by atoms with Crippen molar-refractivity contribution in [3.8, 4) is 5.75 Å². The Balaban J connectivity index is 0.00000280. The first-order valence-electron chi connectivity index (χ1n) is 9.21. The summed E-state index contributed by atoms with van der Waals surface area (Å²) in [6.45, 7) is 7.30. The summed E-state index contributed by atoms with van der Waals surface area (Å²) < 4.78 is 11.2. The highest BCUT2D eigenvalue weighted by Gasteiger charge is 2.27. The third-order valence-electron chi connectivity index (χ3n) is 5.42. The fourth-order valence-corrected chi connectivity index (χ4v) is 3.63. The number of piperidine rings is 1. The highest BCUT2D eigenvalue weighted by Crippen LogP contribution is 2.32. The molecule has 2 N–H and O–H groups in total. The number of nitrogens with two attached hydrogens (primary N) is 1. The minimum atomic E-state index is -0.687. The van der Waals surface area contributed by atoms with Crippen molar-refractivity contribution in [1.82, 2.24) is 4.90 Å². The Morgan fingerprint density at radius 3 is 2.57 bits per heavy atom. The second-order valence-electron chi connectivity index (χ2n) is 7.18. The van der Waals surface area contributed by atoms with Crippen LogP contribution in [0.15, 0.2) is 21.3 Å². The number of benzene rings is 1. The SMILES string of the molecule is Cc1c(C)c2cc(Cl)c(OC(C)C(=O)N3CCC(CN)CC3)cc2oc1=O.Cl. The Bertz CT molecular complexity index is 921. The van der Waals surface area contributed by atoms with Gasteiger partial charge in [-0.3, -0.25) is 4.79 Å². The molecule has 1 fully saturated rings. The van der Waals surface area contributed by atoms with Crippen molar-refractivity contribution in [2.75, 3.05) is 19.6 Å². The number of fused-ring (bicyclic) bond motifs is 1. The van der Waals surface area contributed by atoms with Gasteiger partial charge in [-0.15, -0.1) is 12.4 Å². The first kappa shape index (κ1) is 22.5. The number of hydrogen-bond donors (Lipinski definition) is 1. The molecule has 154 valence electrons. The predicted octanol–water partition coefficient (Wildman–Crippen LogP) is 3.45. The van der Waals surface area contributed by atoms with Crippen LogP contribution in [0.5, 0.6) is 5.75 Å². The zero-order valence-electron chi connectivity index (χ0n) is 16.3. The van der Waals surface area contributed by atoms with Crippen LogP contribution in [0.3, 0.4) is 0 Å². The molecule has 1 amide bonds. The zero-order valence-corrected chi connectivity index (χ0v) is 17.9. The summed E-state index contributed by atoms with van der Waals surface area (Å²) in [7, 11) is 0. The number of carbonyl (C=O) groups excluding carboxylic acids is 1. The minimum absolute atomic E-state index is 0. The van der Waals surface area contributed by atoms with Crippen molar-refractivity contribution in [2.45, 2.75) is 39.7 Å². The average Bonchev–Trinajstić information content (AvgIpc) is 2.67. The van der Waals surface area contributed by atoms with Crippen LogP contribution in [-0.2, 0) is 4.79 Å². The quantitative estimate of drug-likeness (QED) is 0.753. The Morgan fingerprint density at radius 1 is 1.32 bits per heavy atom. The molecule has 0 saturated carbocycles. The van der Waals surface area contributed by atoms with Gasteiger partial charge in [0.15, 0.2) is 6.10 Å². The number of halogens is 2. The molecule has 8 heteroatoms. The zero-order chi connectivity index (χ0) is 19.7. The van der Waals surface area contributed by atoms with Gasteiger partial charge in [0, 0.05) is 30.1 Å². The third-order valence-corrected chi connectivity index (χ3v) is 5.72. The van der Waals surface area contributed by atoms with Crippen LogP contribution in [0.25, 0.3) is 11.0 Å². The first-order valence-corrected chi connectivity index (χ1v) is 9.58. The lowest BCUT2D eigenvalue weighted by Gasteiger charge is -2.33. The Kier molecular flexibility index (Phi) is 7.37. The molecule has 28 heavy (non-hydrogen) atoms. The van der Waals surface area contributed by atoms with Crippen molar-refractivity contribution in [3.63, 3.8) is 0 Å². The summed E-state index contributed by atoms with van der Waals surface area (Å²) in [5.74, 6) is 0.728. The van der Waals surface area contributed by atoms with Gasteiger partial charge in [0.05, 0.1) is 5.02 Å². The molecule has 1 aromatic carbocycles. The van der Waals surface area contributed by atoms with Gasteiger partial charge in [-0.2, -0.15) is 0 Å². The smallest absolute Gasteiger partial charge is 0.339 e. The molecule has 1 aliphatic rings. The Morgan fingerprint density at radius 2 is 1.96 bits per heavy atom. The van der Waals surface area contributed by atoms with Crippen LogP contribution in [0.2, 0.25) is 5.02 Å². The van der Waals surface area contributed by atoms with Gasteiger partial charge in [-0.25, -0.2) is 4.79 Å². The third kappa shape index (κ3) is 4.45. The van der Waals surface area contributed by atoms with E-state index in [0.717, 1.165) is 23.8 Å². The number of hydrogen-bond acceptors (Lipinski definition) is 5. The van der Waals surface area contributed by atoms with Crippen LogP contribution < -0.4 is 16.1 Å². The molecule has 0 spiro atoms. The number of carbonyl (C=O) groups is 1. The summed E-state index contributed by atoms with van der Waals surface area (Å²) >= 11 is 6.36. The van der Waals surface area contributed by atoms with E-state index in [0.29, 0.717) is 47.5 Å². The molecule has 0 bridgehead atoms. The second kappa shape index (κ2) is 9.16. The van der Waals surface area contributed by atoms with Crippen LogP contribution >= 0.6 is 24.0 Å². The van der Waals surface area contributed by atoms with Gasteiger partial charge in [0.25, 0.3) is 5.91 Å². The van der Waals surface area contributed by atoms with Crippen molar-refractivity contribution in [2.24, 2.45) is 11.7 Å². The summed E-state index contributed by atoms with van der Waals surface area (Å²) in [5.41, 5.74) is 7.08. The first-order chi connectivity index (χ1) is 12.8. The molecule has 1 unspecified atom stereocenters. The number of rotatable bonds is 4. The van der Waals surface area contributed by atoms with Crippen molar-refractivity contribution < 1.29 is 13.9 Å². The van der Waals surface area contributed by atoms with Gasteiger partial charge in [0.2, 0.25) is 0 Å². The van der Waals surface area contributed by atoms with E-state index < -0.39 is 6.10 Å². The maximum absolute atomic E-state index is 12.7. The van der Waals surface area contributed by atoms with Crippen LogP contribution in [0.1, 0.15) is 30.9 Å². The average molecular weight is 429 g/mol. The molecule has 2 aromatic rings. The van der Waals surface area contributed by atoms with Crippen LogP contribution in [0, 0.1) is 19.8 Å². The molecule has 1 atom stereocenters. The van der Waals surface area contributed by atoms with Crippen LogP contribution in [0.4, 0.5) is 0 Å². The highest BCUT2D eigenvalue weighted by molar-refractivity contribution is 6.32. The lowest BCUT2D eigenvalue weighted by molar-refractivity contribution is -0.139. The standard InChI is InChI=1S/C20H25ClN2O4.ClH/c1-11-12(2)20(25)27-17-9-18(16(21)8-15(11)17)26-13(3)19(24)23-6-4-14(10-22)5-7-23;/h8-9,13-14H,4-7,10,22H2,1-3H3;1H. The topological polar surface area (TPSA) is 85.8 Å². The molecule has 2 heterocycles. The lowest BCUT2D eigenvalue weighted by Crippen LogP contribution is -2.45. The van der Waals surface area contributed by atoms with Gasteiger partial charge in [-0.05, 0) is 57.7 Å². The number of aryl methyl sites for hydroxylation is 1. The maximum atomic E-state index is 12.7. The van der Waals surface area contributed by atoms with E-state index in [4.69, 9.17) is 26.5 Å². The van der Waals surface area contributed by atoms with Gasteiger partial charge >= 0.3 is 5.63 Å². The van der Waals surface area contributed by atoms with Crippen molar-refractivity contribution in [3.05, 3.63) is 38.7 Å². The summed E-state index contributed by atoms with van der Waals surface area (Å²) in [5, 5.41) is 1.13. The largest absolute Gasteiger partial charge is 0.479 e.